The van der Waals surface area contributed by atoms with Crippen LogP contribution in [0.3, 0.4) is 0 Å². The first-order valence-electron chi connectivity index (χ1n) is 6.27. The SMILES string of the molecule is CC1CCCC(Oc2ccc(S(=O)(=O)Cl)cc2F)C1. The van der Waals surface area contributed by atoms with Crippen LogP contribution in [0.1, 0.15) is 32.6 Å². The largest absolute Gasteiger partial charge is 0.487 e. The van der Waals surface area contributed by atoms with Crippen LogP contribution in [0.4, 0.5) is 4.39 Å². The summed E-state index contributed by atoms with van der Waals surface area (Å²) < 4.78 is 41.6. The molecule has 106 valence electrons. The molecule has 19 heavy (non-hydrogen) atoms. The van der Waals surface area contributed by atoms with Crippen molar-refractivity contribution in [2.45, 2.75) is 43.6 Å². The Bertz CT molecular complexity index is 559. The lowest BCUT2D eigenvalue weighted by atomic mass is 9.89. The van der Waals surface area contributed by atoms with Gasteiger partial charge in [0.25, 0.3) is 9.05 Å². The van der Waals surface area contributed by atoms with Gasteiger partial charge in [0.15, 0.2) is 11.6 Å². The molecule has 1 fully saturated rings. The van der Waals surface area contributed by atoms with E-state index in [1.54, 1.807) is 0 Å². The molecule has 0 saturated heterocycles. The highest BCUT2D eigenvalue weighted by molar-refractivity contribution is 8.13. The van der Waals surface area contributed by atoms with Gasteiger partial charge in [0.05, 0.1) is 11.0 Å². The van der Waals surface area contributed by atoms with Crippen LogP contribution < -0.4 is 4.74 Å². The predicted molar refractivity (Wildman–Crippen MR) is 71.5 cm³/mol. The fraction of sp³-hybridized carbons (Fsp3) is 0.538. The third kappa shape index (κ3) is 3.83. The van der Waals surface area contributed by atoms with E-state index in [0.29, 0.717) is 5.92 Å². The van der Waals surface area contributed by atoms with Crippen molar-refractivity contribution in [3.05, 3.63) is 24.0 Å². The van der Waals surface area contributed by atoms with Gasteiger partial charge >= 0.3 is 0 Å². The van der Waals surface area contributed by atoms with Crippen LogP contribution in [0, 0.1) is 11.7 Å². The Kier molecular flexibility index (Phi) is 4.36. The first-order chi connectivity index (χ1) is 8.86. The van der Waals surface area contributed by atoms with Crippen LogP contribution in [0.5, 0.6) is 5.75 Å². The molecule has 0 heterocycles. The second-order valence-electron chi connectivity index (χ2n) is 5.04. The molecule has 1 aliphatic rings. The molecule has 0 aliphatic heterocycles. The molecule has 0 radical (unpaired) electrons. The van der Waals surface area contributed by atoms with E-state index in [0.717, 1.165) is 25.3 Å². The number of benzene rings is 1. The smallest absolute Gasteiger partial charge is 0.261 e. The van der Waals surface area contributed by atoms with Crippen LogP contribution in [0.2, 0.25) is 0 Å². The van der Waals surface area contributed by atoms with Crippen molar-refractivity contribution in [3.8, 4) is 5.75 Å². The van der Waals surface area contributed by atoms with Crippen molar-refractivity contribution in [3.63, 3.8) is 0 Å². The highest BCUT2D eigenvalue weighted by atomic mass is 35.7. The normalized spacial score (nSPS) is 24.2. The maximum Gasteiger partial charge on any atom is 0.261 e. The van der Waals surface area contributed by atoms with Crippen molar-refractivity contribution >= 4 is 19.7 Å². The summed E-state index contributed by atoms with van der Waals surface area (Å²) in [5.74, 6) is -0.0348. The first-order valence-corrected chi connectivity index (χ1v) is 8.58. The summed E-state index contributed by atoms with van der Waals surface area (Å²) >= 11 is 0. The summed E-state index contributed by atoms with van der Waals surface area (Å²) in [5, 5.41) is 0. The molecule has 1 aromatic carbocycles. The Hall–Kier alpha value is -0.810. The highest BCUT2D eigenvalue weighted by Crippen LogP contribution is 2.29. The molecule has 0 N–H and O–H groups in total. The minimum atomic E-state index is -3.91. The maximum atomic E-state index is 13.8. The molecule has 2 atom stereocenters. The molecule has 0 bridgehead atoms. The minimum absolute atomic E-state index is 0.00305. The van der Waals surface area contributed by atoms with Gasteiger partial charge in [0.2, 0.25) is 0 Å². The van der Waals surface area contributed by atoms with Gasteiger partial charge in [-0.25, -0.2) is 12.8 Å². The fourth-order valence-electron chi connectivity index (χ4n) is 2.39. The van der Waals surface area contributed by atoms with E-state index < -0.39 is 14.9 Å². The van der Waals surface area contributed by atoms with E-state index in [1.807, 2.05) is 0 Å². The van der Waals surface area contributed by atoms with E-state index in [4.69, 9.17) is 15.4 Å². The van der Waals surface area contributed by atoms with Gasteiger partial charge in [-0.3, -0.25) is 0 Å². The molecule has 6 heteroatoms. The second kappa shape index (κ2) is 5.67. The molecular formula is C13H16ClFO3S. The lowest BCUT2D eigenvalue weighted by Crippen LogP contribution is -2.24. The zero-order chi connectivity index (χ0) is 14.0. The summed E-state index contributed by atoms with van der Waals surface area (Å²) in [6, 6.07) is 3.47. The van der Waals surface area contributed by atoms with Crippen molar-refractivity contribution in [2.75, 3.05) is 0 Å². The van der Waals surface area contributed by atoms with Gasteiger partial charge in [-0.15, -0.1) is 0 Å². The minimum Gasteiger partial charge on any atom is -0.487 e. The third-order valence-electron chi connectivity index (χ3n) is 3.37. The van der Waals surface area contributed by atoms with E-state index in [1.165, 1.54) is 18.6 Å². The van der Waals surface area contributed by atoms with Crippen molar-refractivity contribution in [1.82, 2.24) is 0 Å². The van der Waals surface area contributed by atoms with Gasteiger partial charge in [0.1, 0.15) is 0 Å². The number of hydrogen-bond acceptors (Lipinski definition) is 3. The molecule has 1 saturated carbocycles. The standard InChI is InChI=1S/C13H16ClFO3S/c1-9-3-2-4-10(7-9)18-13-6-5-11(8-12(13)15)19(14,16)17/h5-6,8-10H,2-4,7H2,1H3. The zero-order valence-corrected chi connectivity index (χ0v) is 12.2. The Morgan fingerprint density at radius 2 is 2.11 bits per heavy atom. The predicted octanol–water partition coefficient (Wildman–Crippen LogP) is 3.71. The summed E-state index contributed by atoms with van der Waals surface area (Å²) in [6.07, 6.45) is 4.04. The second-order valence-corrected chi connectivity index (χ2v) is 7.61. The zero-order valence-electron chi connectivity index (χ0n) is 10.6. The Morgan fingerprint density at radius 1 is 1.37 bits per heavy atom. The summed E-state index contributed by atoms with van der Waals surface area (Å²) in [4.78, 5) is -0.254. The van der Waals surface area contributed by atoms with E-state index in [9.17, 15) is 12.8 Å². The van der Waals surface area contributed by atoms with Crippen LogP contribution in [0.25, 0.3) is 0 Å². The topological polar surface area (TPSA) is 43.4 Å². The lowest BCUT2D eigenvalue weighted by Gasteiger charge is -2.27. The van der Waals surface area contributed by atoms with Gasteiger partial charge in [0, 0.05) is 10.7 Å². The van der Waals surface area contributed by atoms with Crippen LogP contribution in [-0.4, -0.2) is 14.5 Å². The van der Waals surface area contributed by atoms with Gasteiger partial charge in [-0.1, -0.05) is 13.3 Å². The van der Waals surface area contributed by atoms with E-state index in [-0.39, 0.29) is 16.7 Å². The molecular weight excluding hydrogens is 291 g/mol. The van der Waals surface area contributed by atoms with Gasteiger partial charge in [-0.05, 0) is 43.4 Å². The third-order valence-corrected chi connectivity index (χ3v) is 4.72. The quantitative estimate of drug-likeness (QED) is 0.800. The number of rotatable bonds is 3. The van der Waals surface area contributed by atoms with Crippen LogP contribution in [0.15, 0.2) is 23.1 Å². The summed E-state index contributed by atoms with van der Waals surface area (Å²) in [6.45, 7) is 2.15. The monoisotopic (exact) mass is 306 g/mol. The lowest BCUT2D eigenvalue weighted by molar-refractivity contribution is 0.124. The maximum absolute atomic E-state index is 13.8. The van der Waals surface area contributed by atoms with Crippen LogP contribution in [-0.2, 0) is 9.05 Å². The Labute approximate surface area is 117 Å². The molecule has 3 nitrogen and oxygen atoms in total. The molecule has 1 aromatic rings. The highest BCUT2D eigenvalue weighted by Gasteiger charge is 2.22. The average Bonchev–Trinajstić information content (AvgIpc) is 2.30. The Morgan fingerprint density at radius 3 is 2.68 bits per heavy atom. The number of hydrogen-bond donors (Lipinski definition) is 0. The number of ether oxygens (including phenoxy) is 1. The fourth-order valence-corrected chi connectivity index (χ4v) is 3.16. The molecule has 0 amide bonds. The molecule has 2 unspecified atom stereocenters. The van der Waals surface area contributed by atoms with Crippen LogP contribution >= 0.6 is 10.7 Å². The van der Waals surface area contributed by atoms with Crippen molar-refractivity contribution < 1.29 is 17.5 Å². The Balaban J connectivity index is 2.13. The summed E-state index contributed by atoms with van der Waals surface area (Å²) in [7, 11) is 1.25. The molecule has 2 rings (SSSR count). The van der Waals surface area contributed by atoms with Gasteiger partial charge in [-0.2, -0.15) is 0 Å². The van der Waals surface area contributed by atoms with E-state index >= 15 is 0 Å². The van der Waals surface area contributed by atoms with Crippen molar-refractivity contribution in [1.29, 1.82) is 0 Å². The molecule has 0 aromatic heterocycles. The molecule has 1 aliphatic carbocycles. The van der Waals surface area contributed by atoms with E-state index in [2.05, 4.69) is 6.92 Å². The van der Waals surface area contributed by atoms with Crippen molar-refractivity contribution in [2.24, 2.45) is 5.92 Å². The average molecular weight is 307 g/mol. The first kappa shape index (κ1) is 14.6. The number of halogens is 2. The summed E-state index contributed by atoms with van der Waals surface area (Å²) in [5.41, 5.74) is 0. The molecule has 0 spiro atoms. The van der Waals surface area contributed by atoms with Gasteiger partial charge < -0.3 is 4.74 Å².